The zero-order chi connectivity index (χ0) is 37.2. The number of benzene rings is 4. The van der Waals surface area contributed by atoms with E-state index in [1.54, 1.807) is 57.6 Å². The van der Waals surface area contributed by atoms with Crippen molar-refractivity contribution in [1.82, 2.24) is 9.80 Å². The molecule has 11 heteroatoms. The van der Waals surface area contributed by atoms with Crippen LogP contribution in [-0.4, -0.2) is 79.4 Å². The van der Waals surface area contributed by atoms with Gasteiger partial charge in [-0.3, -0.25) is 19.2 Å². The van der Waals surface area contributed by atoms with Crippen LogP contribution in [-0.2, 0) is 31.7 Å². The van der Waals surface area contributed by atoms with Crippen LogP contribution in [0.2, 0.25) is 0 Å². The number of esters is 1. The molecule has 3 amide bonds. The van der Waals surface area contributed by atoms with Crippen LogP contribution in [0.25, 0.3) is 11.1 Å². The molecule has 0 radical (unpaired) electrons. The standard InChI is InChI=1S/C40H41N3O8/c1-39(2,3)26-15-13-25(14-16-26)30-22-27(50-7)17-18-28(30)35(45)41-33-19-12-24(20-31(33)36(46)42(4)5)21-34(44)51-23-40(38(48)49)32-11-9-8-10-29(32)37(47)43(40)6/h8-20,22H,21,23H2,1-7H3,(H,41,45)(H,48,49)/t40-/m0/s1. The number of aliphatic carboxylic acids is 1. The van der Waals surface area contributed by atoms with Crippen molar-refractivity contribution < 1.29 is 38.6 Å². The summed E-state index contributed by atoms with van der Waals surface area (Å²) in [5.41, 5.74) is 2.24. The molecule has 11 nitrogen and oxygen atoms in total. The molecule has 0 fully saturated rings. The van der Waals surface area contributed by atoms with Gasteiger partial charge in [-0.2, -0.15) is 0 Å². The third-order valence-corrected chi connectivity index (χ3v) is 9.13. The Hall–Kier alpha value is -5.97. The molecule has 4 aromatic carbocycles. The number of amides is 3. The lowest BCUT2D eigenvalue weighted by Gasteiger charge is -2.32. The first kappa shape index (κ1) is 36.3. The van der Waals surface area contributed by atoms with Crippen LogP contribution < -0.4 is 10.1 Å². The molecular formula is C40H41N3O8. The summed E-state index contributed by atoms with van der Waals surface area (Å²) in [5.74, 6) is -2.89. The third-order valence-electron chi connectivity index (χ3n) is 9.13. The van der Waals surface area contributed by atoms with Crippen molar-refractivity contribution in [3.8, 4) is 16.9 Å². The average molecular weight is 692 g/mol. The van der Waals surface area contributed by atoms with Crippen molar-refractivity contribution in [3.63, 3.8) is 0 Å². The zero-order valence-corrected chi connectivity index (χ0v) is 29.7. The fourth-order valence-corrected chi connectivity index (χ4v) is 6.12. The Bertz CT molecular complexity index is 2030. The van der Waals surface area contributed by atoms with Crippen molar-refractivity contribution in [2.24, 2.45) is 0 Å². The number of likely N-dealkylation sites (N-methyl/N-ethyl adjacent to an activating group) is 1. The molecule has 2 N–H and O–H groups in total. The first-order chi connectivity index (χ1) is 24.1. The molecule has 5 rings (SSSR count). The number of anilines is 1. The molecule has 0 saturated heterocycles. The number of ether oxygens (including phenoxy) is 2. The average Bonchev–Trinajstić information content (AvgIpc) is 3.32. The fourth-order valence-electron chi connectivity index (χ4n) is 6.12. The molecule has 264 valence electrons. The van der Waals surface area contributed by atoms with Crippen LogP contribution in [0.1, 0.15) is 68.5 Å². The smallest absolute Gasteiger partial charge is 0.338 e. The maximum atomic E-state index is 13.8. The number of rotatable bonds is 10. The molecule has 0 aliphatic carbocycles. The summed E-state index contributed by atoms with van der Waals surface area (Å²) in [6, 6.07) is 24.0. The Morgan fingerprint density at radius 2 is 1.57 bits per heavy atom. The van der Waals surface area contributed by atoms with Crippen LogP contribution in [0, 0.1) is 0 Å². The highest BCUT2D eigenvalue weighted by Crippen LogP contribution is 2.39. The van der Waals surface area contributed by atoms with Gasteiger partial charge in [-0.15, -0.1) is 0 Å². The van der Waals surface area contributed by atoms with Crippen LogP contribution in [0.15, 0.2) is 84.9 Å². The molecule has 0 saturated carbocycles. The van der Waals surface area contributed by atoms with Gasteiger partial charge in [0, 0.05) is 37.8 Å². The second-order valence-electron chi connectivity index (χ2n) is 13.7. The summed E-state index contributed by atoms with van der Waals surface area (Å²) < 4.78 is 10.9. The van der Waals surface area contributed by atoms with Gasteiger partial charge in [0.15, 0.2) is 0 Å². The number of carbonyl (C=O) groups is 5. The number of hydrogen-bond acceptors (Lipinski definition) is 7. The fraction of sp³-hybridized carbons (Fsp3) is 0.275. The predicted molar refractivity (Wildman–Crippen MR) is 192 cm³/mol. The van der Waals surface area contributed by atoms with Gasteiger partial charge in [-0.05, 0) is 64.1 Å². The normalized spacial score (nSPS) is 15.2. The highest BCUT2D eigenvalue weighted by atomic mass is 16.5. The number of methoxy groups -OCH3 is 1. The van der Waals surface area contributed by atoms with Gasteiger partial charge in [0.25, 0.3) is 17.7 Å². The minimum Gasteiger partial charge on any atom is -0.497 e. The molecule has 0 spiro atoms. The highest BCUT2D eigenvalue weighted by Gasteiger charge is 2.54. The summed E-state index contributed by atoms with van der Waals surface area (Å²) in [6.45, 7) is 5.76. The number of carboxylic acid groups (broad SMARTS) is 1. The maximum absolute atomic E-state index is 13.8. The quantitative estimate of drug-likeness (QED) is 0.200. The number of nitrogens with one attached hydrogen (secondary N) is 1. The Labute approximate surface area is 296 Å². The SMILES string of the molecule is COc1ccc(C(=O)Nc2ccc(CC(=O)OC[C@@]3(C(=O)O)c4ccccc4C(=O)N3C)cc2C(=O)N(C)C)c(-c2ccc(C(C)(C)C)cc2)c1. The van der Waals surface area contributed by atoms with E-state index in [1.165, 1.54) is 36.2 Å². The van der Waals surface area contributed by atoms with E-state index in [0.29, 0.717) is 22.4 Å². The number of hydrogen-bond donors (Lipinski definition) is 2. The van der Waals surface area contributed by atoms with E-state index in [9.17, 15) is 29.1 Å². The summed E-state index contributed by atoms with van der Waals surface area (Å²) in [5, 5.41) is 13.1. The molecule has 51 heavy (non-hydrogen) atoms. The Morgan fingerprint density at radius 3 is 2.20 bits per heavy atom. The zero-order valence-electron chi connectivity index (χ0n) is 29.7. The van der Waals surface area contributed by atoms with Crippen LogP contribution in [0.3, 0.4) is 0 Å². The van der Waals surface area contributed by atoms with E-state index in [-0.39, 0.29) is 34.2 Å². The number of fused-ring (bicyclic) bond motifs is 1. The topological polar surface area (TPSA) is 143 Å². The van der Waals surface area contributed by atoms with Crippen LogP contribution >= 0.6 is 0 Å². The van der Waals surface area contributed by atoms with Gasteiger partial charge in [-0.1, -0.05) is 69.3 Å². The van der Waals surface area contributed by atoms with E-state index in [1.807, 2.05) is 24.3 Å². The predicted octanol–water partition coefficient (Wildman–Crippen LogP) is 5.77. The van der Waals surface area contributed by atoms with E-state index in [4.69, 9.17) is 9.47 Å². The minimum absolute atomic E-state index is 0.0502. The molecule has 1 aliphatic rings. The van der Waals surface area contributed by atoms with Gasteiger partial charge in [0.2, 0.25) is 5.54 Å². The largest absolute Gasteiger partial charge is 0.497 e. The first-order valence-corrected chi connectivity index (χ1v) is 16.3. The molecule has 1 heterocycles. The summed E-state index contributed by atoms with van der Waals surface area (Å²) >= 11 is 0. The van der Waals surface area contributed by atoms with E-state index >= 15 is 0 Å². The Kier molecular flexibility index (Phi) is 10.0. The van der Waals surface area contributed by atoms with E-state index in [2.05, 4.69) is 26.1 Å². The second-order valence-corrected chi connectivity index (χ2v) is 13.7. The molecule has 0 bridgehead atoms. The lowest BCUT2D eigenvalue weighted by Crippen LogP contribution is -2.51. The molecular weight excluding hydrogens is 650 g/mol. The number of carboxylic acids is 1. The van der Waals surface area contributed by atoms with Gasteiger partial charge in [0.05, 0.1) is 24.8 Å². The van der Waals surface area contributed by atoms with E-state index in [0.717, 1.165) is 16.0 Å². The molecule has 4 aromatic rings. The molecule has 1 aliphatic heterocycles. The highest BCUT2D eigenvalue weighted by molar-refractivity contribution is 6.12. The van der Waals surface area contributed by atoms with Crippen molar-refractivity contribution in [2.75, 3.05) is 40.2 Å². The van der Waals surface area contributed by atoms with Crippen molar-refractivity contribution in [3.05, 3.63) is 118 Å². The second kappa shape index (κ2) is 14.1. The number of nitrogens with zero attached hydrogens (tertiary/aromatic N) is 2. The van der Waals surface area contributed by atoms with Crippen LogP contribution in [0.4, 0.5) is 5.69 Å². The monoisotopic (exact) mass is 691 g/mol. The Morgan fingerprint density at radius 1 is 0.882 bits per heavy atom. The summed E-state index contributed by atoms with van der Waals surface area (Å²) in [6.07, 6.45) is -0.301. The first-order valence-electron chi connectivity index (χ1n) is 16.3. The van der Waals surface area contributed by atoms with Crippen LogP contribution in [0.5, 0.6) is 5.75 Å². The summed E-state index contributed by atoms with van der Waals surface area (Å²) in [4.78, 5) is 68.1. The van der Waals surface area contributed by atoms with Gasteiger partial charge in [0.1, 0.15) is 12.4 Å². The lowest BCUT2D eigenvalue weighted by molar-refractivity contribution is -0.159. The third kappa shape index (κ3) is 7.05. The van der Waals surface area contributed by atoms with Gasteiger partial charge in [-0.25, -0.2) is 4.79 Å². The van der Waals surface area contributed by atoms with E-state index < -0.39 is 41.8 Å². The van der Waals surface area contributed by atoms with Crippen molar-refractivity contribution in [1.29, 1.82) is 0 Å². The minimum atomic E-state index is -1.89. The molecule has 0 aromatic heterocycles. The summed E-state index contributed by atoms with van der Waals surface area (Å²) in [7, 11) is 6.05. The Balaban J connectivity index is 1.39. The maximum Gasteiger partial charge on any atom is 0.338 e. The van der Waals surface area contributed by atoms with Gasteiger partial charge >= 0.3 is 11.9 Å². The van der Waals surface area contributed by atoms with Gasteiger partial charge < -0.3 is 29.7 Å². The molecule has 0 unspecified atom stereocenters. The molecule has 1 atom stereocenters. The van der Waals surface area contributed by atoms with Crippen molar-refractivity contribution >= 4 is 35.3 Å². The van der Waals surface area contributed by atoms with Crippen molar-refractivity contribution in [2.45, 2.75) is 38.1 Å². The lowest BCUT2D eigenvalue weighted by atomic mass is 9.86. The number of carbonyl (C=O) groups excluding carboxylic acids is 4.